The average Bonchev–Trinajstić information content (AvgIpc) is 2.32. The minimum atomic E-state index is 0.339. The Balaban J connectivity index is 2.25. The highest BCUT2D eigenvalue weighted by Crippen LogP contribution is 2.26. The largest absolute Gasteiger partial charge is 0.379 e. The van der Waals surface area contributed by atoms with Crippen LogP contribution in [0.25, 0.3) is 0 Å². The van der Waals surface area contributed by atoms with E-state index >= 15 is 0 Å². The molecule has 1 N–H and O–H groups in total. The molecule has 0 heterocycles. The first kappa shape index (κ1) is 17.2. The molecule has 1 aromatic rings. The molecule has 0 bridgehead atoms. The highest BCUT2D eigenvalue weighted by Gasteiger charge is 2.08. The van der Waals surface area contributed by atoms with Gasteiger partial charge in [-0.3, -0.25) is 0 Å². The van der Waals surface area contributed by atoms with E-state index in [1.54, 1.807) is 0 Å². The summed E-state index contributed by atoms with van der Waals surface area (Å²) >= 11 is 7.08. The van der Waals surface area contributed by atoms with Crippen molar-refractivity contribution in [3.8, 4) is 0 Å². The number of ether oxygens (including phenoxy) is 1. The van der Waals surface area contributed by atoms with Crippen molar-refractivity contribution in [3.63, 3.8) is 0 Å². The van der Waals surface area contributed by atoms with Crippen molar-refractivity contribution in [3.05, 3.63) is 32.7 Å². The maximum atomic E-state index is 5.53. The molecule has 1 rings (SSSR count). The summed E-state index contributed by atoms with van der Waals surface area (Å²) in [7, 11) is 0. The quantitative estimate of drug-likeness (QED) is 0.623. The van der Waals surface area contributed by atoms with Gasteiger partial charge in [-0.1, -0.05) is 37.9 Å². The second-order valence-corrected chi connectivity index (χ2v) is 6.74. The molecule has 0 fully saturated rings. The molecular formula is C15H23Br2NO. The number of halogens is 2. The number of unbranched alkanes of at least 4 members (excludes halogenated alkanes) is 1. The van der Waals surface area contributed by atoms with Gasteiger partial charge in [0.1, 0.15) is 0 Å². The van der Waals surface area contributed by atoms with E-state index in [2.05, 4.69) is 76.1 Å². The third-order valence-corrected chi connectivity index (χ3v) is 4.08. The fourth-order valence-electron chi connectivity index (χ4n) is 1.83. The summed E-state index contributed by atoms with van der Waals surface area (Å²) in [6.45, 7) is 8.22. The Morgan fingerprint density at radius 1 is 1.16 bits per heavy atom. The summed E-state index contributed by atoms with van der Waals surface area (Å²) in [6.07, 6.45) is 2.59. The first-order valence-electron chi connectivity index (χ1n) is 6.80. The third kappa shape index (κ3) is 6.89. The number of nitrogens with one attached hydrogen (secondary N) is 1. The normalized spacial score (nSPS) is 12.9. The summed E-state index contributed by atoms with van der Waals surface area (Å²) in [6, 6.07) is 6.67. The molecule has 0 aliphatic rings. The van der Waals surface area contributed by atoms with Gasteiger partial charge in [-0.15, -0.1) is 0 Å². The zero-order valence-electron chi connectivity index (χ0n) is 11.9. The van der Waals surface area contributed by atoms with E-state index in [9.17, 15) is 0 Å². The molecule has 1 atom stereocenters. The van der Waals surface area contributed by atoms with Crippen LogP contribution < -0.4 is 5.32 Å². The van der Waals surface area contributed by atoms with Crippen molar-refractivity contribution in [2.75, 3.05) is 13.2 Å². The molecule has 0 radical (unpaired) electrons. The van der Waals surface area contributed by atoms with Gasteiger partial charge in [0.15, 0.2) is 0 Å². The minimum absolute atomic E-state index is 0.339. The van der Waals surface area contributed by atoms with Crippen molar-refractivity contribution in [1.29, 1.82) is 0 Å². The van der Waals surface area contributed by atoms with Crippen molar-refractivity contribution in [2.45, 2.75) is 45.8 Å². The van der Waals surface area contributed by atoms with Crippen LogP contribution in [0.15, 0.2) is 27.1 Å². The Morgan fingerprint density at radius 2 is 1.89 bits per heavy atom. The molecule has 19 heavy (non-hydrogen) atoms. The van der Waals surface area contributed by atoms with Crippen LogP contribution >= 0.6 is 31.9 Å². The number of rotatable bonds is 8. The molecular weight excluding hydrogens is 370 g/mol. The molecule has 2 nitrogen and oxygen atoms in total. The van der Waals surface area contributed by atoms with Crippen LogP contribution in [-0.2, 0) is 4.74 Å². The van der Waals surface area contributed by atoms with Gasteiger partial charge < -0.3 is 10.1 Å². The van der Waals surface area contributed by atoms with Gasteiger partial charge in [0.05, 0.1) is 6.10 Å². The monoisotopic (exact) mass is 391 g/mol. The predicted octanol–water partition coefficient (Wildman–Crippen LogP) is 5.07. The molecule has 0 spiro atoms. The van der Waals surface area contributed by atoms with E-state index in [0.29, 0.717) is 12.1 Å². The van der Waals surface area contributed by atoms with Gasteiger partial charge in [-0.2, -0.15) is 0 Å². The number of benzene rings is 1. The Bertz CT molecular complexity index is 382. The molecule has 0 amide bonds. The first-order valence-corrected chi connectivity index (χ1v) is 8.39. The first-order chi connectivity index (χ1) is 9.00. The van der Waals surface area contributed by atoms with Gasteiger partial charge in [0.2, 0.25) is 0 Å². The van der Waals surface area contributed by atoms with Crippen LogP contribution in [0.3, 0.4) is 0 Å². The molecule has 1 aromatic carbocycles. The molecule has 0 aliphatic heterocycles. The second kappa shape index (κ2) is 9.11. The van der Waals surface area contributed by atoms with Crippen molar-refractivity contribution < 1.29 is 4.74 Å². The molecule has 0 aliphatic carbocycles. The van der Waals surface area contributed by atoms with Crippen LogP contribution in [0.4, 0.5) is 0 Å². The summed E-state index contributed by atoms with van der Waals surface area (Å²) < 4.78 is 7.77. The Kier molecular flexibility index (Phi) is 8.23. The van der Waals surface area contributed by atoms with Crippen LogP contribution in [0.2, 0.25) is 0 Å². The zero-order valence-corrected chi connectivity index (χ0v) is 15.1. The highest BCUT2D eigenvalue weighted by atomic mass is 79.9. The maximum Gasteiger partial charge on any atom is 0.0518 e. The molecule has 0 saturated heterocycles. The predicted molar refractivity (Wildman–Crippen MR) is 88.6 cm³/mol. The summed E-state index contributed by atoms with van der Waals surface area (Å²) in [4.78, 5) is 0. The van der Waals surface area contributed by atoms with Gasteiger partial charge in [-0.05, 0) is 57.9 Å². The fourth-order valence-corrected chi connectivity index (χ4v) is 3.22. The molecule has 108 valence electrons. The van der Waals surface area contributed by atoms with E-state index in [0.717, 1.165) is 34.9 Å². The van der Waals surface area contributed by atoms with Crippen LogP contribution in [0.5, 0.6) is 0 Å². The third-order valence-electron chi connectivity index (χ3n) is 2.90. The standard InChI is InChI=1S/C15H23Br2NO/c1-11(2)19-9-5-4-8-18-12(3)14-7-6-13(16)10-15(14)17/h6-7,10-12,18H,4-5,8-9H2,1-3H3. The summed E-state index contributed by atoms with van der Waals surface area (Å²) in [5.74, 6) is 0. The lowest BCUT2D eigenvalue weighted by Gasteiger charge is -2.16. The maximum absolute atomic E-state index is 5.53. The van der Waals surface area contributed by atoms with E-state index in [-0.39, 0.29) is 0 Å². The number of hydrogen-bond acceptors (Lipinski definition) is 2. The van der Waals surface area contributed by atoms with Gasteiger partial charge in [0.25, 0.3) is 0 Å². The van der Waals surface area contributed by atoms with E-state index in [1.165, 1.54) is 5.56 Å². The van der Waals surface area contributed by atoms with Crippen LogP contribution in [-0.4, -0.2) is 19.3 Å². The zero-order chi connectivity index (χ0) is 14.3. The van der Waals surface area contributed by atoms with E-state index in [4.69, 9.17) is 4.74 Å². The van der Waals surface area contributed by atoms with Crippen LogP contribution in [0.1, 0.15) is 45.2 Å². The van der Waals surface area contributed by atoms with Crippen molar-refractivity contribution in [1.82, 2.24) is 5.32 Å². The van der Waals surface area contributed by atoms with Crippen LogP contribution in [0, 0.1) is 0 Å². The van der Waals surface area contributed by atoms with E-state index < -0.39 is 0 Å². The van der Waals surface area contributed by atoms with Gasteiger partial charge in [0, 0.05) is 21.6 Å². The van der Waals surface area contributed by atoms with Crippen molar-refractivity contribution >= 4 is 31.9 Å². The fraction of sp³-hybridized carbons (Fsp3) is 0.600. The topological polar surface area (TPSA) is 21.3 Å². The van der Waals surface area contributed by atoms with Gasteiger partial charge >= 0.3 is 0 Å². The molecule has 1 unspecified atom stereocenters. The van der Waals surface area contributed by atoms with Crippen molar-refractivity contribution in [2.24, 2.45) is 0 Å². The molecule has 0 saturated carbocycles. The van der Waals surface area contributed by atoms with Gasteiger partial charge in [-0.25, -0.2) is 0 Å². The number of hydrogen-bond donors (Lipinski definition) is 1. The molecule has 4 heteroatoms. The SMILES string of the molecule is CC(C)OCCCCNC(C)c1ccc(Br)cc1Br. The highest BCUT2D eigenvalue weighted by molar-refractivity contribution is 9.11. The van der Waals surface area contributed by atoms with E-state index in [1.807, 2.05) is 0 Å². The molecule has 0 aromatic heterocycles. The smallest absolute Gasteiger partial charge is 0.0518 e. The Morgan fingerprint density at radius 3 is 2.53 bits per heavy atom. The Labute approximate surface area is 133 Å². The summed E-state index contributed by atoms with van der Waals surface area (Å²) in [5.41, 5.74) is 1.29. The second-order valence-electron chi connectivity index (χ2n) is 4.97. The lowest BCUT2D eigenvalue weighted by atomic mass is 10.1. The lowest BCUT2D eigenvalue weighted by molar-refractivity contribution is 0.0759. The Hall–Kier alpha value is 0.1000. The average molecular weight is 393 g/mol. The minimum Gasteiger partial charge on any atom is -0.379 e. The lowest BCUT2D eigenvalue weighted by Crippen LogP contribution is -2.20. The summed E-state index contributed by atoms with van der Waals surface area (Å²) in [5, 5.41) is 3.55.